The molecule has 1 atom stereocenters. The molecule has 1 aliphatic carbocycles. The monoisotopic (exact) mass is 204 g/mol. The maximum Gasteiger partial charge on any atom is 0.141 e. The number of nitrogens with zero attached hydrogens (tertiary/aromatic N) is 2. The molecule has 0 spiro atoms. The predicted molar refractivity (Wildman–Crippen MR) is 57.8 cm³/mol. The van der Waals surface area contributed by atoms with Crippen molar-refractivity contribution in [3.05, 3.63) is 23.3 Å². The zero-order chi connectivity index (χ0) is 10.8. The number of hydrogen-bond donors (Lipinski definition) is 0. The van der Waals surface area contributed by atoms with E-state index in [2.05, 4.69) is 9.97 Å². The molecule has 3 heteroatoms. The molecule has 0 N–H and O–H groups in total. The maximum atomic E-state index is 11.7. The number of Topliss-reactive ketones (excluding diaryl/α,β-unsaturated/α-hetero) is 1. The Morgan fingerprint density at radius 3 is 3.00 bits per heavy atom. The fraction of sp³-hybridized carbons (Fsp3) is 0.583. The Balaban J connectivity index is 2.36. The van der Waals surface area contributed by atoms with Crippen molar-refractivity contribution in [1.29, 1.82) is 0 Å². The summed E-state index contributed by atoms with van der Waals surface area (Å²) in [5, 5.41) is 0. The van der Waals surface area contributed by atoms with Crippen LogP contribution in [0.3, 0.4) is 0 Å². The summed E-state index contributed by atoms with van der Waals surface area (Å²) < 4.78 is 0. The minimum Gasteiger partial charge on any atom is -0.299 e. The molecule has 0 aliphatic heterocycles. The number of hydrogen-bond acceptors (Lipinski definition) is 3. The number of aryl methyl sites for hydroxylation is 1. The minimum atomic E-state index is -0.0650. The Morgan fingerprint density at radius 1 is 1.47 bits per heavy atom. The molecular formula is C12H16N2O. The molecule has 2 rings (SSSR count). The van der Waals surface area contributed by atoms with Crippen molar-refractivity contribution in [2.45, 2.75) is 45.4 Å². The Hall–Kier alpha value is -1.25. The van der Waals surface area contributed by atoms with Gasteiger partial charge in [-0.2, -0.15) is 0 Å². The fourth-order valence-electron chi connectivity index (χ4n) is 2.22. The molecule has 0 bridgehead atoms. The second kappa shape index (κ2) is 4.09. The highest BCUT2D eigenvalue weighted by Gasteiger charge is 2.23. The zero-order valence-corrected chi connectivity index (χ0v) is 9.29. The smallest absolute Gasteiger partial charge is 0.141 e. The number of carbonyl (C=O) groups is 1. The van der Waals surface area contributed by atoms with Crippen LogP contribution in [0, 0.1) is 0 Å². The second-order valence-corrected chi connectivity index (χ2v) is 4.08. The molecule has 1 aliphatic rings. The van der Waals surface area contributed by atoms with Gasteiger partial charge in [-0.25, -0.2) is 9.97 Å². The molecule has 0 radical (unpaired) electrons. The molecular weight excluding hydrogens is 188 g/mol. The summed E-state index contributed by atoms with van der Waals surface area (Å²) in [5.41, 5.74) is 3.34. The lowest BCUT2D eigenvalue weighted by molar-refractivity contribution is -0.119. The van der Waals surface area contributed by atoms with E-state index < -0.39 is 0 Å². The molecule has 15 heavy (non-hydrogen) atoms. The highest BCUT2D eigenvalue weighted by molar-refractivity contribution is 5.85. The number of aromatic nitrogens is 2. The zero-order valence-electron chi connectivity index (χ0n) is 9.29. The van der Waals surface area contributed by atoms with E-state index in [0.29, 0.717) is 6.42 Å². The molecule has 1 heterocycles. The van der Waals surface area contributed by atoms with Gasteiger partial charge in [0.1, 0.15) is 12.1 Å². The summed E-state index contributed by atoms with van der Waals surface area (Å²) in [6.45, 7) is 3.85. The van der Waals surface area contributed by atoms with E-state index in [0.717, 1.165) is 30.7 Å². The van der Waals surface area contributed by atoms with Gasteiger partial charge >= 0.3 is 0 Å². The Bertz CT molecular complexity index is 387. The first-order chi connectivity index (χ1) is 7.24. The highest BCUT2D eigenvalue weighted by Crippen LogP contribution is 2.27. The molecule has 80 valence electrons. The highest BCUT2D eigenvalue weighted by atomic mass is 16.1. The van der Waals surface area contributed by atoms with Crippen molar-refractivity contribution in [3.63, 3.8) is 0 Å². The Kier molecular flexibility index (Phi) is 2.80. The summed E-state index contributed by atoms with van der Waals surface area (Å²) in [6.07, 6.45) is 5.40. The van der Waals surface area contributed by atoms with E-state index in [4.69, 9.17) is 0 Å². The summed E-state index contributed by atoms with van der Waals surface area (Å²) in [5.74, 6) is 0.202. The largest absolute Gasteiger partial charge is 0.299 e. The summed E-state index contributed by atoms with van der Waals surface area (Å²) >= 11 is 0. The van der Waals surface area contributed by atoms with E-state index in [1.807, 2.05) is 13.8 Å². The standard InChI is InChI=1S/C12H16N2O/c1-3-11(15)8(2)12-9-5-4-6-10(9)13-7-14-12/h7-8H,3-6H2,1-2H3. The average Bonchev–Trinajstić information content (AvgIpc) is 2.74. The number of fused-ring (bicyclic) bond motifs is 1. The van der Waals surface area contributed by atoms with Gasteiger partial charge in [-0.1, -0.05) is 6.92 Å². The third-order valence-electron chi connectivity index (χ3n) is 3.15. The molecule has 0 fully saturated rings. The van der Waals surface area contributed by atoms with Crippen molar-refractivity contribution >= 4 is 5.78 Å². The van der Waals surface area contributed by atoms with Gasteiger partial charge in [0, 0.05) is 12.1 Å². The molecule has 3 nitrogen and oxygen atoms in total. The molecule has 0 saturated heterocycles. The topological polar surface area (TPSA) is 42.9 Å². The quantitative estimate of drug-likeness (QED) is 0.756. The predicted octanol–water partition coefficient (Wildman–Crippen LogP) is 2.05. The van der Waals surface area contributed by atoms with Gasteiger partial charge in [-0.3, -0.25) is 4.79 Å². The average molecular weight is 204 g/mol. The van der Waals surface area contributed by atoms with Crippen LogP contribution in [0.4, 0.5) is 0 Å². The summed E-state index contributed by atoms with van der Waals surface area (Å²) in [7, 11) is 0. The summed E-state index contributed by atoms with van der Waals surface area (Å²) in [6, 6.07) is 0. The third-order valence-corrected chi connectivity index (χ3v) is 3.15. The van der Waals surface area contributed by atoms with E-state index in [1.165, 1.54) is 5.56 Å². The van der Waals surface area contributed by atoms with Crippen LogP contribution in [0.25, 0.3) is 0 Å². The van der Waals surface area contributed by atoms with Crippen LogP contribution in [0.1, 0.15) is 49.6 Å². The molecule has 0 aromatic carbocycles. The van der Waals surface area contributed by atoms with E-state index in [1.54, 1.807) is 6.33 Å². The molecule has 1 unspecified atom stereocenters. The Labute approximate surface area is 89.9 Å². The normalized spacial score (nSPS) is 16.1. The van der Waals surface area contributed by atoms with Crippen LogP contribution >= 0.6 is 0 Å². The van der Waals surface area contributed by atoms with E-state index in [-0.39, 0.29) is 11.7 Å². The molecule has 1 aromatic rings. The lowest BCUT2D eigenvalue weighted by atomic mass is 9.96. The molecule has 1 aromatic heterocycles. The SMILES string of the molecule is CCC(=O)C(C)c1ncnc2c1CCC2. The van der Waals surface area contributed by atoms with Gasteiger partial charge in [-0.05, 0) is 31.7 Å². The first-order valence-electron chi connectivity index (χ1n) is 5.59. The fourth-order valence-corrected chi connectivity index (χ4v) is 2.22. The van der Waals surface area contributed by atoms with Crippen LogP contribution in [-0.4, -0.2) is 15.8 Å². The van der Waals surface area contributed by atoms with E-state index in [9.17, 15) is 4.79 Å². The van der Waals surface area contributed by atoms with Crippen LogP contribution in [-0.2, 0) is 17.6 Å². The van der Waals surface area contributed by atoms with Crippen LogP contribution < -0.4 is 0 Å². The Morgan fingerprint density at radius 2 is 2.27 bits per heavy atom. The van der Waals surface area contributed by atoms with Gasteiger partial charge in [0.2, 0.25) is 0 Å². The second-order valence-electron chi connectivity index (χ2n) is 4.08. The van der Waals surface area contributed by atoms with E-state index >= 15 is 0 Å². The number of rotatable bonds is 3. The molecule has 0 amide bonds. The lowest BCUT2D eigenvalue weighted by Crippen LogP contribution is -2.12. The summed E-state index contributed by atoms with van der Waals surface area (Å²) in [4.78, 5) is 20.2. The lowest BCUT2D eigenvalue weighted by Gasteiger charge is -2.12. The molecule has 0 saturated carbocycles. The van der Waals surface area contributed by atoms with Gasteiger partial charge < -0.3 is 0 Å². The first kappa shape index (κ1) is 10.3. The van der Waals surface area contributed by atoms with Gasteiger partial charge in [0.25, 0.3) is 0 Å². The third kappa shape index (κ3) is 1.78. The van der Waals surface area contributed by atoms with Gasteiger partial charge in [0.15, 0.2) is 0 Å². The van der Waals surface area contributed by atoms with Crippen LogP contribution in [0.5, 0.6) is 0 Å². The first-order valence-corrected chi connectivity index (χ1v) is 5.59. The van der Waals surface area contributed by atoms with Crippen molar-refractivity contribution in [3.8, 4) is 0 Å². The number of carbonyl (C=O) groups excluding carboxylic acids is 1. The van der Waals surface area contributed by atoms with Crippen molar-refractivity contribution < 1.29 is 4.79 Å². The van der Waals surface area contributed by atoms with Gasteiger partial charge in [-0.15, -0.1) is 0 Å². The van der Waals surface area contributed by atoms with Gasteiger partial charge in [0.05, 0.1) is 11.6 Å². The van der Waals surface area contributed by atoms with Crippen molar-refractivity contribution in [2.24, 2.45) is 0 Å². The van der Waals surface area contributed by atoms with Crippen LogP contribution in [0.15, 0.2) is 6.33 Å². The van der Waals surface area contributed by atoms with Crippen molar-refractivity contribution in [2.75, 3.05) is 0 Å². The number of ketones is 1. The van der Waals surface area contributed by atoms with Crippen LogP contribution in [0.2, 0.25) is 0 Å². The van der Waals surface area contributed by atoms with Crippen molar-refractivity contribution in [1.82, 2.24) is 9.97 Å². The minimum absolute atomic E-state index is 0.0650. The maximum absolute atomic E-state index is 11.7.